The Morgan fingerprint density at radius 2 is 2.46 bits per heavy atom. The number of carbonyl (C=O) groups excluding carboxylic acids is 1. The Labute approximate surface area is 77.2 Å². The molecular weight excluding hydrogens is 166 g/mol. The molecule has 13 heavy (non-hydrogen) atoms. The second-order valence-corrected chi connectivity index (χ2v) is 2.64. The molecule has 0 aromatic carbocycles. The van der Waals surface area contributed by atoms with Crippen LogP contribution in [-0.2, 0) is 0 Å². The number of rotatable bonds is 4. The zero-order valence-electron chi connectivity index (χ0n) is 7.36. The minimum absolute atomic E-state index is 0.0958. The normalized spacial score (nSPS) is 9.62. The molecular formula is C9H13N3O. The second-order valence-electron chi connectivity index (χ2n) is 2.64. The molecule has 0 radical (unpaired) electrons. The summed E-state index contributed by atoms with van der Waals surface area (Å²) in [4.78, 5) is 15.2. The molecule has 1 heterocycles. The van der Waals surface area contributed by atoms with E-state index in [9.17, 15) is 4.79 Å². The van der Waals surface area contributed by atoms with Crippen molar-refractivity contribution in [2.75, 3.05) is 13.1 Å². The number of nitrogens with two attached hydrogens (primary N) is 1. The molecule has 1 rings (SSSR count). The van der Waals surface area contributed by atoms with Crippen molar-refractivity contribution in [1.29, 1.82) is 0 Å². The smallest absolute Gasteiger partial charge is 0.252 e. The van der Waals surface area contributed by atoms with Crippen molar-refractivity contribution in [2.45, 2.75) is 6.42 Å². The van der Waals surface area contributed by atoms with Gasteiger partial charge in [-0.15, -0.1) is 0 Å². The van der Waals surface area contributed by atoms with Gasteiger partial charge < -0.3 is 11.1 Å². The third-order valence-electron chi connectivity index (χ3n) is 1.59. The molecule has 1 amide bonds. The summed E-state index contributed by atoms with van der Waals surface area (Å²) in [6, 6.07) is 3.46. The first-order valence-corrected chi connectivity index (χ1v) is 4.23. The SMILES string of the molecule is NCCCNC(=O)c1cccnc1. The zero-order chi connectivity index (χ0) is 9.52. The van der Waals surface area contributed by atoms with Crippen LogP contribution in [0, 0.1) is 0 Å². The van der Waals surface area contributed by atoms with E-state index in [1.54, 1.807) is 18.3 Å². The third-order valence-corrected chi connectivity index (χ3v) is 1.59. The van der Waals surface area contributed by atoms with Crippen molar-refractivity contribution in [3.8, 4) is 0 Å². The number of amides is 1. The van der Waals surface area contributed by atoms with E-state index >= 15 is 0 Å². The van der Waals surface area contributed by atoms with Gasteiger partial charge in [-0.2, -0.15) is 0 Å². The van der Waals surface area contributed by atoms with Crippen LogP contribution in [0.15, 0.2) is 24.5 Å². The molecule has 0 aliphatic rings. The Hall–Kier alpha value is -1.42. The fourth-order valence-corrected chi connectivity index (χ4v) is 0.903. The van der Waals surface area contributed by atoms with Crippen LogP contribution in [0.2, 0.25) is 0 Å². The van der Waals surface area contributed by atoms with Crippen LogP contribution in [0.4, 0.5) is 0 Å². The summed E-state index contributed by atoms with van der Waals surface area (Å²) in [5, 5.41) is 2.74. The average molecular weight is 179 g/mol. The van der Waals surface area contributed by atoms with Crippen LogP contribution in [0.3, 0.4) is 0 Å². The Balaban J connectivity index is 2.40. The summed E-state index contributed by atoms with van der Waals surface area (Å²) in [5.74, 6) is -0.0958. The van der Waals surface area contributed by atoms with Gasteiger partial charge in [0, 0.05) is 18.9 Å². The van der Waals surface area contributed by atoms with Crippen LogP contribution in [-0.4, -0.2) is 24.0 Å². The van der Waals surface area contributed by atoms with E-state index in [4.69, 9.17) is 5.73 Å². The first-order chi connectivity index (χ1) is 6.34. The summed E-state index contributed by atoms with van der Waals surface area (Å²) in [6.45, 7) is 1.21. The molecule has 0 bridgehead atoms. The molecule has 0 aliphatic heterocycles. The predicted octanol–water partition coefficient (Wildman–Crippen LogP) is 0.160. The molecule has 1 aromatic heterocycles. The lowest BCUT2D eigenvalue weighted by molar-refractivity contribution is 0.0953. The Morgan fingerprint density at radius 3 is 3.08 bits per heavy atom. The van der Waals surface area contributed by atoms with Crippen LogP contribution >= 0.6 is 0 Å². The quantitative estimate of drug-likeness (QED) is 0.647. The number of nitrogens with one attached hydrogen (secondary N) is 1. The van der Waals surface area contributed by atoms with Gasteiger partial charge in [-0.3, -0.25) is 9.78 Å². The maximum Gasteiger partial charge on any atom is 0.252 e. The highest BCUT2D eigenvalue weighted by Gasteiger charge is 2.02. The summed E-state index contributed by atoms with van der Waals surface area (Å²) in [5.41, 5.74) is 5.87. The molecule has 0 fully saturated rings. The van der Waals surface area contributed by atoms with Gasteiger partial charge in [-0.05, 0) is 25.1 Å². The highest BCUT2D eigenvalue weighted by molar-refractivity contribution is 5.93. The molecule has 0 saturated heterocycles. The molecule has 0 atom stereocenters. The lowest BCUT2D eigenvalue weighted by atomic mass is 10.2. The van der Waals surface area contributed by atoms with Crippen LogP contribution in [0.25, 0.3) is 0 Å². The van der Waals surface area contributed by atoms with E-state index in [2.05, 4.69) is 10.3 Å². The average Bonchev–Trinajstić information content (AvgIpc) is 2.19. The molecule has 70 valence electrons. The van der Waals surface area contributed by atoms with Gasteiger partial charge in [-0.1, -0.05) is 0 Å². The number of pyridine rings is 1. The number of carbonyl (C=O) groups is 1. The second kappa shape index (κ2) is 5.27. The number of aromatic nitrogens is 1. The molecule has 4 nitrogen and oxygen atoms in total. The van der Waals surface area contributed by atoms with Crippen LogP contribution in [0.1, 0.15) is 16.8 Å². The zero-order valence-corrected chi connectivity index (χ0v) is 7.36. The molecule has 1 aromatic rings. The highest BCUT2D eigenvalue weighted by atomic mass is 16.1. The van der Waals surface area contributed by atoms with E-state index in [0.29, 0.717) is 18.7 Å². The lowest BCUT2D eigenvalue weighted by Crippen LogP contribution is -2.25. The Bertz CT molecular complexity index is 261. The first kappa shape index (κ1) is 9.67. The minimum atomic E-state index is -0.0958. The van der Waals surface area contributed by atoms with Gasteiger partial charge in [0.1, 0.15) is 0 Å². The lowest BCUT2D eigenvalue weighted by Gasteiger charge is -2.02. The van der Waals surface area contributed by atoms with Gasteiger partial charge in [0.05, 0.1) is 5.56 Å². The molecule has 0 saturated carbocycles. The monoisotopic (exact) mass is 179 g/mol. The van der Waals surface area contributed by atoms with Gasteiger partial charge in [0.15, 0.2) is 0 Å². The summed E-state index contributed by atoms with van der Waals surface area (Å²) >= 11 is 0. The minimum Gasteiger partial charge on any atom is -0.352 e. The van der Waals surface area contributed by atoms with E-state index in [0.717, 1.165) is 6.42 Å². The fraction of sp³-hybridized carbons (Fsp3) is 0.333. The molecule has 3 N–H and O–H groups in total. The molecule has 0 spiro atoms. The first-order valence-electron chi connectivity index (χ1n) is 4.23. The highest BCUT2D eigenvalue weighted by Crippen LogP contribution is 1.94. The van der Waals surface area contributed by atoms with E-state index in [1.807, 2.05) is 0 Å². The third kappa shape index (κ3) is 3.21. The maximum atomic E-state index is 11.3. The van der Waals surface area contributed by atoms with Crippen molar-refractivity contribution in [3.63, 3.8) is 0 Å². The van der Waals surface area contributed by atoms with Gasteiger partial charge >= 0.3 is 0 Å². The predicted molar refractivity (Wildman–Crippen MR) is 50.2 cm³/mol. The summed E-state index contributed by atoms with van der Waals surface area (Å²) < 4.78 is 0. The topological polar surface area (TPSA) is 68.0 Å². The Kier molecular flexibility index (Phi) is 3.92. The number of hydrogen-bond donors (Lipinski definition) is 2. The van der Waals surface area contributed by atoms with Gasteiger partial charge in [0.2, 0.25) is 0 Å². The van der Waals surface area contributed by atoms with E-state index in [-0.39, 0.29) is 5.91 Å². The molecule has 0 aliphatic carbocycles. The van der Waals surface area contributed by atoms with Crippen molar-refractivity contribution in [3.05, 3.63) is 30.1 Å². The van der Waals surface area contributed by atoms with E-state index in [1.165, 1.54) is 6.20 Å². The van der Waals surface area contributed by atoms with Crippen molar-refractivity contribution in [2.24, 2.45) is 5.73 Å². The van der Waals surface area contributed by atoms with Gasteiger partial charge in [-0.25, -0.2) is 0 Å². The van der Waals surface area contributed by atoms with Gasteiger partial charge in [0.25, 0.3) is 5.91 Å². The number of nitrogens with zero attached hydrogens (tertiary/aromatic N) is 1. The molecule has 4 heteroatoms. The summed E-state index contributed by atoms with van der Waals surface area (Å²) in [6.07, 6.45) is 3.97. The van der Waals surface area contributed by atoms with Crippen LogP contribution in [0.5, 0.6) is 0 Å². The van der Waals surface area contributed by atoms with Crippen molar-refractivity contribution in [1.82, 2.24) is 10.3 Å². The standard InChI is InChI=1S/C9H13N3O/c10-4-2-6-12-9(13)8-3-1-5-11-7-8/h1,3,5,7H,2,4,6,10H2,(H,12,13). The molecule has 0 unspecified atom stereocenters. The van der Waals surface area contributed by atoms with Crippen LogP contribution < -0.4 is 11.1 Å². The number of hydrogen-bond acceptors (Lipinski definition) is 3. The summed E-state index contributed by atoms with van der Waals surface area (Å²) in [7, 11) is 0. The largest absolute Gasteiger partial charge is 0.352 e. The van der Waals surface area contributed by atoms with Crippen molar-refractivity contribution < 1.29 is 4.79 Å². The fourth-order valence-electron chi connectivity index (χ4n) is 0.903. The maximum absolute atomic E-state index is 11.3. The van der Waals surface area contributed by atoms with E-state index < -0.39 is 0 Å². The van der Waals surface area contributed by atoms with Crippen molar-refractivity contribution >= 4 is 5.91 Å². The Morgan fingerprint density at radius 1 is 1.62 bits per heavy atom.